The first-order valence-corrected chi connectivity index (χ1v) is 8.34. The fourth-order valence-electron chi connectivity index (χ4n) is 2.93. The molecule has 0 aliphatic carbocycles. The summed E-state index contributed by atoms with van der Waals surface area (Å²) in [6.07, 6.45) is 1.86. The average molecular weight is 362 g/mol. The fraction of sp³-hybridized carbons (Fsp3) is 0.105. The lowest BCUT2D eigenvalue weighted by Crippen LogP contribution is -2.23. The van der Waals surface area contributed by atoms with Gasteiger partial charge in [0.05, 0.1) is 0 Å². The second kappa shape index (κ2) is 6.17. The molecule has 0 unspecified atom stereocenters. The SMILES string of the molecule is O=C(NCc1ccc2c(c1)OCO2)c1nc(-c2ccc3[nH]ccc3c2)no1. The van der Waals surface area contributed by atoms with E-state index in [1.807, 2.05) is 48.7 Å². The number of amides is 1. The van der Waals surface area contributed by atoms with Crippen molar-refractivity contribution in [2.45, 2.75) is 6.54 Å². The Morgan fingerprint density at radius 2 is 2.04 bits per heavy atom. The first-order chi connectivity index (χ1) is 13.3. The fourth-order valence-corrected chi connectivity index (χ4v) is 2.93. The molecule has 0 atom stereocenters. The molecule has 2 aromatic heterocycles. The number of fused-ring (bicyclic) bond motifs is 2. The molecule has 0 bridgehead atoms. The Balaban J connectivity index is 1.29. The van der Waals surface area contributed by atoms with Gasteiger partial charge in [0.2, 0.25) is 12.6 Å². The largest absolute Gasteiger partial charge is 0.454 e. The van der Waals surface area contributed by atoms with E-state index in [2.05, 4.69) is 20.4 Å². The lowest BCUT2D eigenvalue weighted by molar-refractivity contribution is 0.0907. The van der Waals surface area contributed by atoms with Gasteiger partial charge in [0.25, 0.3) is 0 Å². The molecule has 0 radical (unpaired) electrons. The third-order valence-electron chi connectivity index (χ3n) is 4.32. The van der Waals surface area contributed by atoms with Crippen molar-refractivity contribution in [2.75, 3.05) is 6.79 Å². The van der Waals surface area contributed by atoms with Crippen molar-refractivity contribution in [1.82, 2.24) is 20.4 Å². The minimum Gasteiger partial charge on any atom is -0.454 e. The molecular weight excluding hydrogens is 348 g/mol. The van der Waals surface area contributed by atoms with Crippen molar-refractivity contribution in [3.8, 4) is 22.9 Å². The van der Waals surface area contributed by atoms with Gasteiger partial charge >= 0.3 is 11.8 Å². The van der Waals surface area contributed by atoms with Crippen LogP contribution >= 0.6 is 0 Å². The second-order valence-electron chi connectivity index (χ2n) is 6.07. The van der Waals surface area contributed by atoms with E-state index >= 15 is 0 Å². The molecule has 3 heterocycles. The third-order valence-corrected chi connectivity index (χ3v) is 4.32. The van der Waals surface area contributed by atoms with Gasteiger partial charge in [-0.1, -0.05) is 11.2 Å². The molecule has 0 fully saturated rings. The standard InChI is InChI=1S/C19H14N4O4/c24-18(21-9-11-1-4-15-16(7-11)26-10-25-15)19-22-17(23-27-19)13-2-3-14-12(8-13)5-6-20-14/h1-8,20H,9-10H2,(H,21,24). The number of nitrogens with one attached hydrogen (secondary N) is 2. The molecule has 2 N–H and O–H groups in total. The van der Waals surface area contributed by atoms with Gasteiger partial charge in [-0.2, -0.15) is 4.98 Å². The zero-order chi connectivity index (χ0) is 18.2. The maximum atomic E-state index is 12.3. The summed E-state index contributed by atoms with van der Waals surface area (Å²) >= 11 is 0. The van der Waals surface area contributed by atoms with Crippen LogP contribution < -0.4 is 14.8 Å². The summed E-state index contributed by atoms with van der Waals surface area (Å²) in [6, 6.07) is 13.2. The van der Waals surface area contributed by atoms with E-state index < -0.39 is 5.91 Å². The van der Waals surface area contributed by atoms with E-state index in [1.165, 1.54) is 0 Å². The van der Waals surface area contributed by atoms with Crippen molar-refractivity contribution in [2.24, 2.45) is 0 Å². The van der Waals surface area contributed by atoms with Crippen LogP contribution in [0.2, 0.25) is 0 Å². The van der Waals surface area contributed by atoms with Crippen molar-refractivity contribution in [3.05, 3.63) is 60.1 Å². The predicted molar refractivity (Wildman–Crippen MR) is 95.3 cm³/mol. The maximum absolute atomic E-state index is 12.3. The van der Waals surface area contributed by atoms with Gasteiger partial charge in [-0.15, -0.1) is 0 Å². The van der Waals surface area contributed by atoms with Gasteiger partial charge in [-0.25, -0.2) is 0 Å². The van der Waals surface area contributed by atoms with Crippen molar-refractivity contribution in [3.63, 3.8) is 0 Å². The Morgan fingerprint density at radius 3 is 3.00 bits per heavy atom. The molecule has 5 rings (SSSR count). The van der Waals surface area contributed by atoms with Crippen molar-refractivity contribution < 1.29 is 18.8 Å². The highest BCUT2D eigenvalue weighted by Crippen LogP contribution is 2.32. The number of aromatic nitrogens is 3. The first kappa shape index (κ1) is 15.4. The van der Waals surface area contributed by atoms with Crippen molar-refractivity contribution >= 4 is 16.8 Å². The van der Waals surface area contributed by atoms with E-state index in [0.29, 0.717) is 23.9 Å². The van der Waals surface area contributed by atoms with E-state index in [0.717, 1.165) is 22.0 Å². The number of carbonyl (C=O) groups excluding carboxylic acids is 1. The second-order valence-corrected chi connectivity index (χ2v) is 6.07. The molecule has 0 saturated carbocycles. The molecule has 27 heavy (non-hydrogen) atoms. The summed E-state index contributed by atoms with van der Waals surface area (Å²) in [4.78, 5) is 19.6. The summed E-state index contributed by atoms with van der Waals surface area (Å²) in [7, 11) is 0. The van der Waals surface area contributed by atoms with Gasteiger partial charge in [-0.05, 0) is 42.0 Å². The Labute approximate surface area is 153 Å². The van der Waals surface area contributed by atoms with Crippen LogP contribution in [-0.4, -0.2) is 27.8 Å². The minimum atomic E-state index is -0.436. The molecular formula is C19H14N4O4. The summed E-state index contributed by atoms with van der Waals surface area (Å²) in [5.41, 5.74) is 2.68. The summed E-state index contributed by atoms with van der Waals surface area (Å²) in [6.45, 7) is 0.521. The summed E-state index contributed by atoms with van der Waals surface area (Å²) in [5.74, 6) is 1.22. The molecule has 0 spiro atoms. The van der Waals surface area contributed by atoms with Gasteiger partial charge in [-0.3, -0.25) is 4.79 Å². The minimum absolute atomic E-state index is 0.0834. The number of hydrogen-bond donors (Lipinski definition) is 2. The topological polar surface area (TPSA) is 102 Å². The first-order valence-electron chi connectivity index (χ1n) is 8.34. The molecule has 8 nitrogen and oxygen atoms in total. The number of benzene rings is 2. The smallest absolute Gasteiger partial charge is 0.316 e. The van der Waals surface area contributed by atoms with Gasteiger partial charge in [0.15, 0.2) is 11.5 Å². The Bertz CT molecular complexity index is 1150. The van der Waals surface area contributed by atoms with Crippen LogP contribution in [0, 0.1) is 0 Å². The lowest BCUT2D eigenvalue weighted by atomic mass is 10.1. The van der Waals surface area contributed by atoms with Crippen molar-refractivity contribution in [1.29, 1.82) is 0 Å². The van der Waals surface area contributed by atoms with E-state index in [-0.39, 0.29) is 12.7 Å². The summed E-state index contributed by atoms with van der Waals surface area (Å²) in [5, 5.41) is 7.70. The molecule has 2 aromatic carbocycles. The molecule has 134 valence electrons. The third kappa shape index (κ3) is 2.86. The van der Waals surface area contributed by atoms with Crippen LogP contribution in [0.15, 0.2) is 53.2 Å². The maximum Gasteiger partial charge on any atom is 0.316 e. The number of H-pyrrole nitrogens is 1. The molecule has 1 aliphatic rings. The Kier molecular flexibility index (Phi) is 3.53. The van der Waals surface area contributed by atoms with Gasteiger partial charge in [0, 0.05) is 29.2 Å². The summed E-state index contributed by atoms with van der Waals surface area (Å²) < 4.78 is 15.7. The zero-order valence-corrected chi connectivity index (χ0v) is 14.1. The van der Waals surface area contributed by atoms with Gasteiger partial charge in [0.1, 0.15) is 0 Å². The number of carbonyl (C=O) groups is 1. The van der Waals surface area contributed by atoms with Crippen LogP contribution in [0.4, 0.5) is 0 Å². The van der Waals surface area contributed by atoms with Crippen LogP contribution in [0.5, 0.6) is 11.5 Å². The average Bonchev–Trinajstić information content (AvgIpc) is 3.45. The van der Waals surface area contributed by atoms with E-state index in [4.69, 9.17) is 14.0 Å². The Morgan fingerprint density at radius 1 is 1.11 bits per heavy atom. The monoisotopic (exact) mass is 362 g/mol. The highest BCUT2D eigenvalue weighted by molar-refractivity contribution is 5.90. The Hall–Kier alpha value is -3.81. The number of hydrogen-bond acceptors (Lipinski definition) is 6. The van der Waals surface area contributed by atoms with Crippen LogP contribution in [0.1, 0.15) is 16.2 Å². The quantitative estimate of drug-likeness (QED) is 0.579. The number of rotatable bonds is 4. The number of ether oxygens (including phenoxy) is 2. The molecule has 4 aromatic rings. The van der Waals surface area contributed by atoms with Crippen LogP contribution in [0.25, 0.3) is 22.3 Å². The van der Waals surface area contributed by atoms with E-state index in [1.54, 1.807) is 0 Å². The number of nitrogens with zero attached hydrogens (tertiary/aromatic N) is 2. The lowest BCUT2D eigenvalue weighted by Gasteiger charge is -2.03. The normalized spacial score (nSPS) is 12.4. The highest BCUT2D eigenvalue weighted by atomic mass is 16.7. The zero-order valence-electron chi connectivity index (χ0n) is 14.1. The number of aromatic amines is 1. The molecule has 1 aliphatic heterocycles. The predicted octanol–water partition coefficient (Wildman–Crippen LogP) is 2.88. The van der Waals surface area contributed by atoms with Crippen LogP contribution in [-0.2, 0) is 6.54 Å². The molecule has 0 saturated heterocycles. The van der Waals surface area contributed by atoms with E-state index in [9.17, 15) is 4.79 Å². The molecule has 1 amide bonds. The van der Waals surface area contributed by atoms with Crippen LogP contribution in [0.3, 0.4) is 0 Å². The molecule has 8 heteroatoms. The van der Waals surface area contributed by atoms with Gasteiger partial charge < -0.3 is 24.3 Å². The highest BCUT2D eigenvalue weighted by Gasteiger charge is 2.17.